The van der Waals surface area contributed by atoms with Gasteiger partial charge in [0.1, 0.15) is 6.04 Å². The third-order valence-corrected chi connectivity index (χ3v) is 2.61. The Kier molecular flexibility index (Phi) is 6.68. The Morgan fingerprint density at radius 2 is 2.25 bits per heavy atom. The summed E-state index contributed by atoms with van der Waals surface area (Å²) < 4.78 is 1.95. The maximum Gasteiger partial charge on any atom is 0.327 e. The molecule has 1 atom stereocenters. The molecule has 1 heterocycles. The summed E-state index contributed by atoms with van der Waals surface area (Å²) in [5.74, 6) is 1.07. The average molecular weight is 278 g/mol. The molecule has 1 aromatic rings. The minimum Gasteiger partial charge on any atom is -0.480 e. The van der Waals surface area contributed by atoms with Gasteiger partial charge in [-0.15, -0.1) is 12.3 Å². The van der Waals surface area contributed by atoms with E-state index in [1.165, 1.54) is 0 Å². The molecule has 1 unspecified atom stereocenters. The van der Waals surface area contributed by atoms with E-state index in [1.807, 2.05) is 10.8 Å². The van der Waals surface area contributed by atoms with Gasteiger partial charge in [-0.2, -0.15) is 0 Å². The Morgan fingerprint density at radius 3 is 2.85 bits per heavy atom. The topological polar surface area (TPSA) is 96.3 Å². The molecule has 0 saturated carbocycles. The number of rotatable bonds is 8. The molecule has 0 bridgehead atoms. The Balaban J connectivity index is 2.13. The second kappa shape index (κ2) is 8.58. The van der Waals surface area contributed by atoms with Crippen molar-refractivity contribution in [3.63, 3.8) is 0 Å². The number of aliphatic carboxylic acids is 1. The lowest BCUT2D eigenvalue weighted by Crippen LogP contribution is -2.46. The van der Waals surface area contributed by atoms with Gasteiger partial charge in [-0.25, -0.2) is 14.6 Å². The first-order valence-corrected chi connectivity index (χ1v) is 6.30. The second-order valence-electron chi connectivity index (χ2n) is 4.21. The fourth-order valence-corrected chi connectivity index (χ4v) is 1.57. The molecule has 0 radical (unpaired) electrons. The van der Waals surface area contributed by atoms with E-state index in [1.54, 1.807) is 12.5 Å². The zero-order valence-electron chi connectivity index (χ0n) is 11.1. The number of aryl methyl sites for hydroxylation is 1. The lowest BCUT2D eigenvalue weighted by Gasteiger charge is -2.12. The van der Waals surface area contributed by atoms with E-state index in [9.17, 15) is 9.59 Å². The number of unbranched alkanes of at least 4 members (excludes halogenated alkanes) is 1. The molecule has 1 aromatic heterocycles. The van der Waals surface area contributed by atoms with Crippen molar-refractivity contribution < 1.29 is 14.7 Å². The highest BCUT2D eigenvalue weighted by Crippen LogP contribution is 1.94. The molecule has 0 aliphatic rings. The number of nitrogens with zero attached hydrogens (tertiary/aromatic N) is 2. The van der Waals surface area contributed by atoms with Gasteiger partial charge in [-0.3, -0.25) is 0 Å². The van der Waals surface area contributed by atoms with E-state index in [2.05, 4.69) is 21.5 Å². The zero-order chi connectivity index (χ0) is 14.8. The van der Waals surface area contributed by atoms with Crippen LogP contribution in [0.5, 0.6) is 0 Å². The maximum absolute atomic E-state index is 11.5. The monoisotopic (exact) mass is 278 g/mol. The van der Waals surface area contributed by atoms with Crippen LogP contribution in [0.1, 0.15) is 19.3 Å². The number of amides is 2. The number of carbonyl (C=O) groups excluding carboxylic acids is 1. The van der Waals surface area contributed by atoms with Crippen molar-refractivity contribution in [1.82, 2.24) is 20.2 Å². The number of hydrogen-bond donors (Lipinski definition) is 3. The van der Waals surface area contributed by atoms with Crippen LogP contribution in [0.25, 0.3) is 0 Å². The average Bonchev–Trinajstić information content (AvgIpc) is 2.91. The van der Waals surface area contributed by atoms with E-state index in [0.717, 1.165) is 19.4 Å². The fourth-order valence-electron chi connectivity index (χ4n) is 1.57. The molecule has 0 aliphatic carbocycles. The third kappa shape index (κ3) is 5.91. The summed E-state index contributed by atoms with van der Waals surface area (Å²) in [5, 5.41) is 13.7. The Labute approximate surface area is 117 Å². The van der Waals surface area contributed by atoms with Crippen LogP contribution < -0.4 is 10.6 Å². The normalized spacial score (nSPS) is 11.3. The van der Waals surface area contributed by atoms with Crippen LogP contribution in [0.15, 0.2) is 18.7 Å². The summed E-state index contributed by atoms with van der Waals surface area (Å²) in [4.78, 5) is 26.2. The summed E-state index contributed by atoms with van der Waals surface area (Å²) in [7, 11) is 0. The van der Waals surface area contributed by atoms with Gasteiger partial charge in [-0.05, 0) is 12.8 Å². The molecule has 0 aliphatic heterocycles. The van der Waals surface area contributed by atoms with E-state index in [0.29, 0.717) is 6.54 Å². The number of urea groups is 1. The molecule has 1 rings (SSSR count). The largest absolute Gasteiger partial charge is 0.480 e. The van der Waals surface area contributed by atoms with Gasteiger partial charge in [0.2, 0.25) is 0 Å². The first-order valence-electron chi connectivity index (χ1n) is 6.30. The quantitative estimate of drug-likeness (QED) is 0.475. The van der Waals surface area contributed by atoms with Crippen LogP contribution in [-0.2, 0) is 11.3 Å². The molecular formula is C13H18N4O3. The second-order valence-corrected chi connectivity index (χ2v) is 4.21. The molecule has 2 amide bonds. The minimum atomic E-state index is -1.14. The molecule has 0 fully saturated rings. The summed E-state index contributed by atoms with van der Waals surface area (Å²) in [5.41, 5.74) is 0. The van der Waals surface area contributed by atoms with Crippen molar-refractivity contribution in [2.75, 3.05) is 6.54 Å². The number of hydrogen-bond acceptors (Lipinski definition) is 3. The fraction of sp³-hybridized carbons (Fsp3) is 0.462. The number of aromatic nitrogens is 2. The number of imidazole rings is 1. The van der Waals surface area contributed by atoms with Crippen molar-refractivity contribution in [2.24, 2.45) is 0 Å². The van der Waals surface area contributed by atoms with Crippen molar-refractivity contribution in [3.8, 4) is 12.3 Å². The summed E-state index contributed by atoms with van der Waals surface area (Å²) >= 11 is 0. The third-order valence-electron chi connectivity index (χ3n) is 2.61. The standard InChI is InChI=1S/C13H18N4O3/c1-2-5-11(12(18)19)16-13(20)15-6-3-4-8-17-9-7-14-10-17/h1,7,9-11H,3-6,8H2,(H,18,19)(H2,15,16,20). The number of carbonyl (C=O) groups is 2. The summed E-state index contributed by atoms with van der Waals surface area (Å²) in [6, 6.07) is -1.57. The first kappa shape index (κ1) is 15.6. The molecule has 0 spiro atoms. The highest BCUT2D eigenvalue weighted by atomic mass is 16.4. The lowest BCUT2D eigenvalue weighted by molar-refractivity contribution is -0.139. The first-order chi connectivity index (χ1) is 9.63. The minimum absolute atomic E-state index is 0.0383. The van der Waals surface area contributed by atoms with Crippen LogP contribution in [0, 0.1) is 12.3 Å². The SMILES string of the molecule is C#CCC(NC(=O)NCCCCn1ccnc1)C(=O)O. The van der Waals surface area contributed by atoms with Crippen LogP contribution in [0.2, 0.25) is 0 Å². The van der Waals surface area contributed by atoms with Gasteiger partial charge in [0.25, 0.3) is 0 Å². The highest BCUT2D eigenvalue weighted by Gasteiger charge is 2.17. The molecule has 7 nitrogen and oxygen atoms in total. The molecule has 0 aromatic carbocycles. The van der Waals surface area contributed by atoms with Crippen molar-refractivity contribution in [2.45, 2.75) is 31.8 Å². The van der Waals surface area contributed by atoms with Gasteiger partial charge in [-0.1, -0.05) is 0 Å². The van der Waals surface area contributed by atoms with Crippen molar-refractivity contribution >= 4 is 12.0 Å². The maximum atomic E-state index is 11.5. The van der Waals surface area contributed by atoms with Gasteiger partial charge < -0.3 is 20.3 Å². The van der Waals surface area contributed by atoms with E-state index in [-0.39, 0.29) is 6.42 Å². The number of carboxylic acid groups (broad SMARTS) is 1. The van der Waals surface area contributed by atoms with E-state index in [4.69, 9.17) is 11.5 Å². The Morgan fingerprint density at radius 1 is 1.45 bits per heavy atom. The van der Waals surface area contributed by atoms with Crippen LogP contribution >= 0.6 is 0 Å². The Hall–Kier alpha value is -2.49. The summed E-state index contributed by atoms with van der Waals surface area (Å²) in [6.45, 7) is 1.31. The molecule has 7 heteroatoms. The molecule has 108 valence electrons. The number of nitrogens with one attached hydrogen (secondary N) is 2. The van der Waals surface area contributed by atoms with Gasteiger partial charge in [0.05, 0.1) is 6.33 Å². The van der Waals surface area contributed by atoms with Crippen LogP contribution in [0.3, 0.4) is 0 Å². The number of terminal acetylenes is 1. The highest BCUT2D eigenvalue weighted by molar-refractivity contribution is 5.82. The predicted molar refractivity (Wildman–Crippen MR) is 72.9 cm³/mol. The van der Waals surface area contributed by atoms with Crippen molar-refractivity contribution in [3.05, 3.63) is 18.7 Å². The molecule has 3 N–H and O–H groups in total. The number of carboxylic acids is 1. The molecule has 0 saturated heterocycles. The van der Waals surface area contributed by atoms with Crippen molar-refractivity contribution in [1.29, 1.82) is 0 Å². The van der Waals surface area contributed by atoms with Crippen LogP contribution in [0.4, 0.5) is 4.79 Å². The van der Waals surface area contributed by atoms with Crippen LogP contribution in [-0.4, -0.2) is 39.2 Å². The van der Waals surface area contributed by atoms with E-state index >= 15 is 0 Å². The van der Waals surface area contributed by atoms with Gasteiger partial charge in [0, 0.05) is 31.9 Å². The Bertz CT molecular complexity index is 464. The molecule has 20 heavy (non-hydrogen) atoms. The van der Waals surface area contributed by atoms with Gasteiger partial charge in [0.15, 0.2) is 0 Å². The zero-order valence-corrected chi connectivity index (χ0v) is 11.1. The predicted octanol–water partition coefficient (Wildman–Crippen LogP) is 0.439. The molecular weight excluding hydrogens is 260 g/mol. The summed E-state index contributed by atoms with van der Waals surface area (Å²) in [6.07, 6.45) is 12.0. The van der Waals surface area contributed by atoms with Gasteiger partial charge >= 0.3 is 12.0 Å². The van der Waals surface area contributed by atoms with E-state index < -0.39 is 18.0 Å². The smallest absolute Gasteiger partial charge is 0.327 e. The lowest BCUT2D eigenvalue weighted by atomic mass is 10.2.